The Labute approximate surface area is 153 Å². The number of piperidine rings is 1. The van der Waals surface area contributed by atoms with Crippen LogP contribution in [0.2, 0.25) is 0 Å². The minimum absolute atomic E-state index is 0.155. The SMILES string of the molecule is CCC(C)N1CCC(NC(=O)c2cnc(-c3cccc(F)c3)nc2)CC1. The minimum atomic E-state index is -0.336. The van der Waals surface area contributed by atoms with E-state index in [0.717, 1.165) is 32.4 Å². The Kier molecular flexibility index (Phi) is 5.93. The summed E-state index contributed by atoms with van der Waals surface area (Å²) in [4.78, 5) is 23.3. The molecule has 1 atom stereocenters. The second-order valence-corrected chi connectivity index (χ2v) is 6.85. The molecule has 1 saturated heterocycles. The summed E-state index contributed by atoms with van der Waals surface area (Å²) in [5.41, 5.74) is 1.02. The second kappa shape index (κ2) is 8.36. The van der Waals surface area contributed by atoms with Crippen LogP contribution < -0.4 is 5.32 Å². The molecule has 1 fully saturated rings. The number of halogens is 1. The molecular weight excluding hydrogens is 331 g/mol. The highest BCUT2D eigenvalue weighted by Gasteiger charge is 2.23. The molecule has 1 aromatic heterocycles. The van der Waals surface area contributed by atoms with Gasteiger partial charge < -0.3 is 10.2 Å². The Hall–Kier alpha value is -2.34. The number of hydrogen-bond acceptors (Lipinski definition) is 4. The summed E-state index contributed by atoms with van der Waals surface area (Å²) < 4.78 is 13.3. The van der Waals surface area contributed by atoms with Crippen LogP contribution in [0, 0.1) is 5.82 Å². The van der Waals surface area contributed by atoms with Crippen molar-refractivity contribution in [3.8, 4) is 11.4 Å². The zero-order valence-corrected chi connectivity index (χ0v) is 15.3. The van der Waals surface area contributed by atoms with Crippen molar-refractivity contribution in [2.75, 3.05) is 13.1 Å². The Bertz CT molecular complexity index is 742. The van der Waals surface area contributed by atoms with E-state index < -0.39 is 0 Å². The third-order valence-electron chi connectivity index (χ3n) is 5.08. The average Bonchev–Trinajstić information content (AvgIpc) is 2.68. The summed E-state index contributed by atoms with van der Waals surface area (Å²) in [6, 6.07) is 6.88. The van der Waals surface area contributed by atoms with Gasteiger partial charge >= 0.3 is 0 Å². The quantitative estimate of drug-likeness (QED) is 0.893. The zero-order chi connectivity index (χ0) is 18.5. The van der Waals surface area contributed by atoms with Gasteiger partial charge in [0.05, 0.1) is 5.56 Å². The number of amides is 1. The van der Waals surface area contributed by atoms with Crippen molar-refractivity contribution < 1.29 is 9.18 Å². The van der Waals surface area contributed by atoms with Crippen LogP contribution in [0.3, 0.4) is 0 Å². The van der Waals surface area contributed by atoms with Gasteiger partial charge in [-0.1, -0.05) is 19.1 Å². The average molecular weight is 356 g/mol. The topological polar surface area (TPSA) is 58.1 Å². The first-order valence-electron chi connectivity index (χ1n) is 9.19. The minimum Gasteiger partial charge on any atom is -0.349 e. The number of hydrogen-bond donors (Lipinski definition) is 1. The molecule has 0 radical (unpaired) electrons. The predicted octanol–water partition coefficient (Wildman–Crippen LogP) is 3.28. The molecule has 138 valence electrons. The van der Waals surface area contributed by atoms with E-state index in [0.29, 0.717) is 23.0 Å². The third-order valence-corrected chi connectivity index (χ3v) is 5.08. The summed E-state index contributed by atoms with van der Waals surface area (Å²) in [6.07, 6.45) is 6.05. The van der Waals surface area contributed by atoms with Gasteiger partial charge in [-0.15, -0.1) is 0 Å². The molecule has 6 heteroatoms. The van der Waals surface area contributed by atoms with Crippen LogP contribution in [0.25, 0.3) is 11.4 Å². The first kappa shape index (κ1) is 18.5. The summed E-state index contributed by atoms with van der Waals surface area (Å²) in [5.74, 6) is -0.0858. The van der Waals surface area contributed by atoms with Gasteiger partial charge in [-0.3, -0.25) is 4.79 Å². The van der Waals surface area contributed by atoms with Crippen molar-refractivity contribution in [3.63, 3.8) is 0 Å². The van der Waals surface area contributed by atoms with Crippen molar-refractivity contribution >= 4 is 5.91 Å². The fourth-order valence-corrected chi connectivity index (χ4v) is 3.23. The number of carbonyl (C=O) groups excluding carboxylic acids is 1. The van der Waals surface area contributed by atoms with Crippen LogP contribution in [0.15, 0.2) is 36.7 Å². The molecule has 0 bridgehead atoms. The molecule has 0 spiro atoms. The van der Waals surface area contributed by atoms with E-state index in [1.807, 2.05) is 0 Å². The Morgan fingerprint density at radius 1 is 1.31 bits per heavy atom. The van der Waals surface area contributed by atoms with Crippen LogP contribution in [0.5, 0.6) is 0 Å². The molecule has 1 aromatic carbocycles. The summed E-state index contributed by atoms with van der Waals surface area (Å²) in [5, 5.41) is 3.08. The highest BCUT2D eigenvalue weighted by atomic mass is 19.1. The van der Waals surface area contributed by atoms with Crippen LogP contribution >= 0.6 is 0 Å². The van der Waals surface area contributed by atoms with E-state index in [-0.39, 0.29) is 17.8 Å². The fourth-order valence-electron chi connectivity index (χ4n) is 3.23. The molecule has 2 heterocycles. The first-order valence-corrected chi connectivity index (χ1v) is 9.19. The maximum absolute atomic E-state index is 13.3. The van der Waals surface area contributed by atoms with Gasteiger partial charge in [0.1, 0.15) is 5.82 Å². The lowest BCUT2D eigenvalue weighted by atomic mass is 10.0. The van der Waals surface area contributed by atoms with Crippen molar-refractivity contribution in [2.24, 2.45) is 0 Å². The number of rotatable bonds is 5. The first-order chi connectivity index (χ1) is 12.6. The Morgan fingerprint density at radius 2 is 2.00 bits per heavy atom. The fraction of sp³-hybridized carbons (Fsp3) is 0.450. The lowest BCUT2D eigenvalue weighted by molar-refractivity contribution is 0.0894. The number of aromatic nitrogens is 2. The molecule has 0 aliphatic carbocycles. The lowest BCUT2D eigenvalue weighted by Crippen LogP contribution is -2.47. The molecule has 1 unspecified atom stereocenters. The lowest BCUT2D eigenvalue weighted by Gasteiger charge is -2.35. The number of nitrogens with one attached hydrogen (secondary N) is 1. The Morgan fingerprint density at radius 3 is 2.62 bits per heavy atom. The Balaban J connectivity index is 1.57. The van der Waals surface area contributed by atoms with E-state index in [2.05, 4.69) is 34.0 Å². The second-order valence-electron chi connectivity index (χ2n) is 6.85. The summed E-state index contributed by atoms with van der Waals surface area (Å²) >= 11 is 0. The normalized spacial score (nSPS) is 17.0. The zero-order valence-electron chi connectivity index (χ0n) is 15.3. The van der Waals surface area contributed by atoms with Gasteiger partial charge in [0.15, 0.2) is 5.82 Å². The van der Waals surface area contributed by atoms with Crippen molar-refractivity contribution in [1.82, 2.24) is 20.2 Å². The predicted molar refractivity (Wildman–Crippen MR) is 99.2 cm³/mol. The largest absolute Gasteiger partial charge is 0.349 e. The van der Waals surface area contributed by atoms with Crippen LogP contribution in [-0.2, 0) is 0 Å². The highest BCUT2D eigenvalue weighted by molar-refractivity contribution is 5.93. The van der Waals surface area contributed by atoms with Crippen molar-refractivity contribution in [2.45, 2.75) is 45.2 Å². The molecule has 1 aliphatic rings. The molecule has 26 heavy (non-hydrogen) atoms. The molecule has 0 saturated carbocycles. The number of carbonyl (C=O) groups is 1. The van der Waals surface area contributed by atoms with Crippen LogP contribution in [0.1, 0.15) is 43.5 Å². The number of benzene rings is 1. The van der Waals surface area contributed by atoms with Crippen molar-refractivity contribution in [3.05, 3.63) is 48.0 Å². The smallest absolute Gasteiger partial charge is 0.254 e. The summed E-state index contributed by atoms with van der Waals surface area (Å²) in [6.45, 7) is 6.46. The van der Waals surface area contributed by atoms with E-state index in [9.17, 15) is 9.18 Å². The molecule has 1 amide bonds. The van der Waals surface area contributed by atoms with Gasteiger partial charge in [-0.25, -0.2) is 14.4 Å². The van der Waals surface area contributed by atoms with Crippen LogP contribution in [0.4, 0.5) is 4.39 Å². The van der Waals surface area contributed by atoms with Gasteiger partial charge in [0.25, 0.3) is 5.91 Å². The maximum atomic E-state index is 13.3. The number of likely N-dealkylation sites (tertiary alicyclic amines) is 1. The monoisotopic (exact) mass is 356 g/mol. The van der Waals surface area contributed by atoms with Gasteiger partial charge in [-0.2, -0.15) is 0 Å². The maximum Gasteiger partial charge on any atom is 0.254 e. The third kappa shape index (κ3) is 4.43. The van der Waals surface area contributed by atoms with Crippen molar-refractivity contribution in [1.29, 1.82) is 0 Å². The van der Waals surface area contributed by atoms with E-state index in [1.165, 1.54) is 24.5 Å². The van der Waals surface area contributed by atoms with Gasteiger partial charge in [0.2, 0.25) is 0 Å². The van der Waals surface area contributed by atoms with E-state index >= 15 is 0 Å². The molecule has 1 aliphatic heterocycles. The van der Waals surface area contributed by atoms with E-state index in [4.69, 9.17) is 0 Å². The molecule has 1 N–H and O–H groups in total. The molecule has 3 rings (SSSR count). The molecular formula is C20H25FN4O. The number of nitrogens with zero attached hydrogens (tertiary/aromatic N) is 3. The van der Waals surface area contributed by atoms with Crippen LogP contribution in [-0.4, -0.2) is 45.9 Å². The summed E-state index contributed by atoms with van der Waals surface area (Å²) in [7, 11) is 0. The van der Waals surface area contributed by atoms with Gasteiger partial charge in [-0.05, 0) is 38.3 Å². The van der Waals surface area contributed by atoms with Gasteiger partial charge in [0, 0.05) is 43.1 Å². The standard InChI is InChI=1S/C20H25FN4O/c1-3-14(2)25-9-7-18(8-10-25)24-20(26)16-12-22-19(23-13-16)15-5-4-6-17(21)11-15/h4-6,11-14,18H,3,7-10H2,1-2H3,(H,24,26). The van der Waals surface area contributed by atoms with E-state index in [1.54, 1.807) is 12.1 Å². The highest BCUT2D eigenvalue weighted by Crippen LogP contribution is 2.17. The molecule has 5 nitrogen and oxygen atoms in total. The molecule has 2 aromatic rings.